The lowest BCUT2D eigenvalue weighted by Gasteiger charge is -2.49. The first-order valence-corrected chi connectivity index (χ1v) is 12.1. The number of benzene rings is 3. The molecule has 1 saturated heterocycles. The maximum atomic E-state index is 14.0. The van der Waals surface area contributed by atoms with E-state index in [0.717, 1.165) is 33.4 Å². The lowest BCUT2D eigenvalue weighted by Crippen LogP contribution is -2.69. The summed E-state index contributed by atoms with van der Waals surface area (Å²) in [6, 6.07) is 13.7. The van der Waals surface area contributed by atoms with E-state index in [4.69, 9.17) is 4.74 Å². The number of rotatable bonds is 4. The van der Waals surface area contributed by atoms with E-state index in [9.17, 15) is 14.0 Å². The van der Waals surface area contributed by atoms with Gasteiger partial charge in [-0.1, -0.05) is 35.4 Å². The van der Waals surface area contributed by atoms with E-state index >= 15 is 0 Å². The highest BCUT2D eigenvalue weighted by Gasteiger charge is 2.54. The molecule has 1 fully saturated rings. The molecule has 0 saturated carbocycles. The molecule has 0 aliphatic carbocycles. The van der Waals surface area contributed by atoms with Crippen LogP contribution in [0.1, 0.15) is 47.2 Å². The molecule has 3 aromatic carbocycles. The van der Waals surface area contributed by atoms with E-state index in [1.165, 1.54) is 24.3 Å². The van der Waals surface area contributed by atoms with Gasteiger partial charge in [-0.05, 0) is 102 Å². The summed E-state index contributed by atoms with van der Waals surface area (Å²) in [5, 5.41) is 0. The van der Waals surface area contributed by atoms with Gasteiger partial charge in [0.15, 0.2) is 0 Å². The largest absolute Gasteiger partial charge is 0.451 e. The van der Waals surface area contributed by atoms with Crippen molar-refractivity contribution < 1.29 is 18.7 Å². The number of halogens is 1. The highest BCUT2D eigenvalue weighted by molar-refractivity contribution is 6.20. The maximum absolute atomic E-state index is 14.0. The van der Waals surface area contributed by atoms with Crippen LogP contribution in [0.4, 0.5) is 15.8 Å². The molecule has 1 aliphatic rings. The number of anilines is 2. The van der Waals surface area contributed by atoms with E-state index in [2.05, 4.69) is 0 Å². The summed E-state index contributed by atoms with van der Waals surface area (Å²) < 4.78 is 20.1. The molecule has 0 atom stereocenters. The molecule has 3 aromatic rings. The van der Waals surface area contributed by atoms with Crippen LogP contribution in [0.2, 0.25) is 0 Å². The maximum Gasteiger partial charge on any atom is 0.266 e. The number of amides is 2. The topological polar surface area (TPSA) is 49.9 Å². The Morgan fingerprint density at radius 1 is 0.694 bits per heavy atom. The molecular formula is C30H33FN2O3. The molecule has 36 heavy (non-hydrogen) atoms. The van der Waals surface area contributed by atoms with Crippen LogP contribution in [0.3, 0.4) is 0 Å². The van der Waals surface area contributed by atoms with Gasteiger partial charge in [0.05, 0.1) is 11.4 Å². The average molecular weight is 489 g/mol. The summed E-state index contributed by atoms with van der Waals surface area (Å²) in [6.07, 6.45) is -1.11. The predicted molar refractivity (Wildman–Crippen MR) is 141 cm³/mol. The second-order valence-corrected chi connectivity index (χ2v) is 10.4. The molecular weight excluding hydrogens is 455 g/mol. The molecule has 2 amide bonds. The number of aryl methyl sites for hydroxylation is 6. The van der Waals surface area contributed by atoms with E-state index in [1.807, 2.05) is 65.8 Å². The first kappa shape index (κ1) is 25.4. The van der Waals surface area contributed by atoms with Gasteiger partial charge in [-0.15, -0.1) is 0 Å². The number of nitrogens with zero attached hydrogens (tertiary/aromatic N) is 2. The van der Waals surface area contributed by atoms with Crippen molar-refractivity contribution in [3.05, 3.63) is 87.7 Å². The van der Waals surface area contributed by atoms with Gasteiger partial charge in [0, 0.05) is 0 Å². The molecule has 0 N–H and O–H groups in total. The number of carbonyl (C=O) groups is 2. The standard InChI is InChI=1S/C30H33FN2O3/c1-17-13-19(3)25(20(4)14-17)32-27(34)30(7,8)28(35)33(26-21(5)15-18(2)16-22(26)6)29(32)36-24-11-9-23(31)10-12-24/h9-16,29H,1-8H3. The van der Waals surface area contributed by atoms with Crippen LogP contribution < -0.4 is 14.5 Å². The second-order valence-electron chi connectivity index (χ2n) is 10.4. The number of hydrogen-bond donors (Lipinski definition) is 0. The summed E-state index contributed by atoms with van der Waals surface area (Å²) in [6.45, 7) is 15.1. The molecule has 0 bridgehead atoms. The molecule has 1 heterocycles. The van der Waals surface area contributed by atoms with Crippen molar-refractivity contribution in [1.29, 1.82) is 0 Å². The zero-order valence-corrected chi connectivity index (χ0v) is 22.2. The highest BCUT2D eigenvalue weighted by Crippen LogP contribution is 2.42. The summed E-state index contributed by atoms with van der Waals surface area (Å²) in [5.41, 5.74) is 5.81. The van der Waals surface area contributed by atoms with E-state index in [-0.39, 0.29) is 11.8 Å². The number of carbonyl (C=O) groups excluding carboxylic acids is 2. The quantitative estimate of drug-likeness (QED) is 0.397. The van der Waals surface area contributed by atoms with Crippen molar-refractivity contribution >= 4 is 23.2 Å². The van der Waals surface area contributed by atoms with Crippen molar-refractivity contribution in [2.45, 2.75) is 61.7 Å². The van der Waals surface area contributed by atoms with Crippen molar-refractivity contribution in [2.75, 3.05) is 9.80 Å². The Morgan fingerprint density at radius 2 is 1.06 bits per heavy atom. The van der Waals surface area contributed by atoms with Gasteiger partial charge in [0.1, 0.15) is 17.0 Å². The van der Waals surface area contributed by atoms with Crippen LogP contribution in [0.25, 0.3) is 0 Å². The fraction of sp³-hybridized carbons (Fsp3) is 0.333. The Balaban J connectivity index is 2.02. The second kappa shape index (κ2) is 9.08. The molecule has 0 aromatic heterocycles. The molecule has 0 spiro atoms. The third-order valence-electron chi connectivity index (χ3n) is 6.76. The molecule has 6 heteroatoms. The Bertz CT molecular complexity index is 1240. The van der Waals surface area contributed by atoms with Gasteiger partial charge in [0.25, 0.3) is 6.35 Å². The zero-order chi connectivity index (χ0) is 26.5. The monoisotopic (exact) mass is 488 g/mol. The minimum atomic E-state index is -1.34. The van der Waals surface area contributed by atoms with Gasteiger partial charge in [-0.2, -0.15) is 0 Å². The van der Waals surface area contributed by atoms with Crippen LogP contribution in [-0.4, -0.2) is 18.2 Å². The summed E-state index contributed by atoms with van der Waals surface area (Å²) in [4.78, 5) is 31.3. The minimum absolute atomic E-state index is 0.349. The fourth-order valence-electron chi connectivity index (χ4n) is 5.28. The van der Waals surface area contributed by atoms with Gasteiger partial charge < -0.3 is 4.74 Å². The van der Waals surface area contributed by atoms with Crippen LogP contribution in [0.15, 0.2) is 48.5 Å². The van der Waals surface area contributed by atoms with E-state index in [0.29, 0.717) is 17.1 Å². The Labute approximate surface area is 212 Å². The van der Waals surface area contributed by atoms with Gasteiger partial charge >= 0.3 is 0 Å². The van der Waals surface area contributed by atoms with Gasteiger partial charge in [0.2, 0.25) is 11.8 Å². The summed E-state index contributed by atoms with van der Waals surface area (Å²) in [7, 11) is 0. The Kier molecular flexibility index (Phi) is 6.41. The van der Waals surface area contributed by atoms with Crippen molar-refractivity contribution in [3.63, 3.8) is 0 Å². The van der Waals surface area contributed by atoms with Gasteiger partial charge in [-0.3, -0.25) is 19.4 Å². The molecule has 0 unspecified atom stereocenters. The molecule has 188 valence electrons. The Hall–Kier alpha value is -3.67. The normalized spacial score (nSPS) is 16.0. The molecule has 1 aliphatic heterocycles. The van der Waals surface area contributed by atoms with Crippen molar-refractivity contribution in [1.82, 2.24) is 0 Å². The summed E-state index contributed by atoms with van der Waals surface area (Å²) in [5.74, 6) is -0.758. The molecule has 5 nitrogen and oxygen atoms in total. The first-order valence-electron chi connectivity index (χ1n) is 12.1. The minimum Gasteiger partial charge on any atom is -0.451 e. The Morgan fingerprint density at radius 3 is 1.42 bits per heavy atom. The molecule has 0 radical (unpaired) electrons. The third-order valence-corrected chi connectivity index (χ3v) is 6.76. The number of hydrogen-bond acceptors (Lipinski definition) is 3. The van der Waals surface area contributed by atoms with Crippen LogP contribution in [0, 0.1) is 52.8 Å². The van der Waals surface area contributed by atoms with Crippen LogP contribution in [0.5, 0.6) is 5.75 Å². The van der Waals surface area contributed by atoms with E-state index < -0.39 is 17.6 Å². The third kappa shape index (κ3) is 4.25. The summed E-state index contributed by atoms with van der Waals surface area (Å²) >= 11 is 0. The molecule has 4 rings (SSSR count). The van der Waals surface area contributed by atoms with Crippen molar-refractivity contribution in [3.8, 4) is 5.75 Å². The zero-order valence-electron chi connectivity index (χ0n) is 22.2. The first-order chi connectivity index (χ1) is 16.8. The van der Waals surface area contributed by atoms with Gasteiger partial charge in [-0.25, -0.2) is 4.39 Å². The predicted octanol–water partition coefficient (Wildman–Crippen LogP) is 6.44. The average Bonchev–Trinajstić information content (AvgIpc) is 2.77. The SMILES string of the molecule is Cc1cc(C)c(N2C(=O)C(C)(C)C(=O)N(c3c(C)cc(C)cc3C)C2Oc2ccc(F)cc2)c(C)c1. The van der Waals surface area contributed by atoms with Crippen LogP contribution in [-0.2, 0) is 9.59 Å². The fourth-order valence-corrected chi connectivity index (χ4v) is 5.28. The lowest BCUT2D eigenvalue weighted by atomic mass is 9.85. The lowest BCUT2D eigenvalue weighted by molar-refractivity contribution is -0.144. The van der Waals surface area contributed by atoms with Crippen molar-refractivity contribution in [2.24, 2.45) is 5.41 Å². The smallest absolute Gasteiger partial charge is 0.266 e. The van der Waals surface area contributed by atoms with E-state index in [1.54, 1.807) is 23.6 Å². The van der Waals surface area contributed by atoms with Crippen LogP contribution >= 0.6 is 0 Å². The highest BCUT2D eigenvalue weighted by atomic mass is 19.1. The number of ether oxygens (including phenoxy) is 1.